The molecule has 0 amide bonds. The average Bonchev–Trinajstić information content (AvgIpc) is 2.73. The maximum Gasteiger partial charge on any atom is 0.422 e. The second-order valence-electron chi connectivity index (χ2n) is 7.67. The number of nitrogens with zero attached hydrogens (tertiary/aromatic N) is 2. The third-order valence-corrected chi connectivity index (χ3v) is 5.47. The second kappa shape index (κ2) is 10.1. The predicted octanol–water partition coefficient (Wildman–Crippen LogP) is 4.65. The summed E-state index contributed by atoms with van der Waals surface area (Å²) in [4.78, 5) is 16.3. The summed E-state index contributed by atoms with van der Waals surface area (Å²) in [6, 6.07) is 13.1. The molecule has 0 N–H and O–H groups in total. The number of benzene rings is 2. The Kier molecular flexibility index (Phi) is 7.54. The Bertz CT molecular complexity index is 880. The lowest BCUT2D eigenvalue weighted by molar-refractivity contribution is -0.153. The van der Waals surface area contributed by atoms with Gasteiger partial charge >= 0.3 is 6.18 Å². The van der Waals surface area contributed by atoms with Crippen LogP contribution in [0.15, 0.2) is 48.5 Å². The van der Waals surface area contributed by atoms with Crippen LogP contribution in [0.4, 0.5) is 23.2 Å². The van der Waals surface area contributed by atoms with Crippen molar-refractivity contribution < 1.29 is 27.1 Å². The van der Waals surface area contributed by atoms with Gasteiger partial charge in [0.2, 0.25) is 0 Å². The summed E-state index contributed by atoms with van der Waals surface area (Å²) in [5.41, 5.74) is 1.06. The highest BCUT2D eigenvalue weighted by Crippen LogP contribution is 2.31. The first-order chi connectivity index (χ1) is 14.7. The zero-order chi connectivity index (χ0) is 22.4. The van der Waals surface area contributed by atoms with Gasteiger partial charge in [-0.05, 0) is 43.7 Å². The van der Waals surface area contributed by atoms with Gasteiger partial charge in [0, 0.05) is 32.1 Å². The van der Waals surface area contributed by atoms with Crippen molar-refractivity contribution in [3.8, 4) is 5.75 Å². The number of alkyl halides is 3. The molecule has 4 nitrogen and oxygen atoms in total. The highest BCUT2D eigenvalue weighted by Gasteiger charge is 2.29. The third-order valence-electron chi connectivity index (χ3n) is 5.47. The molecule has 1 aliphatic rings. The van der Waals surface area contributed by atoms with Crippen molar-refractivity contribution in [2.24, 2.45) is 0 Å². The fourth-order valence-electron chi connectivity index (χ4n) is 3.86. The summed E-state index contributed by atoms with van der Waals surface area (Å²) < 4.78 is 56.7. The van der Waals surface area contributed by atoms with E-state index in [2.05, 4.69) is 4.90 Å². The zero-order valence-electron chi connectivity index (χ0n) is 17.4. The van der Waals surface area contributed by atoms with Gasteiger partial charge in [-0.25, -0.2) is 4.39 Å². The first-order valence-electron chi connectivity index (χ1n) is 10.3. The van der Waals surface area contributed by atoms with E-state index in [1.807, 2.05) is 4.90 Å². The minimum Gasteiger partial charge on any atom is -0.482 e. The van der Waals surface area contributed by atoms with Crippen LogP contribution in [0.25, 0.3) is 0 Å². The summed E-state index contributed by atoms with van der Waals surface area (Å²) in [6.45, 7) is 3.41. The minimum atomic E-state index is -4.39. The molecule has 1 heterocycles. The lowest BCUT2D eigenvalue weighted by Gasteiger charge is -2.37. The standard InChI is InChI=1S/C23H26F4N2O2/c1-17(30)18(19-6-2-3-7-20(19)24)10-11-28-12-14-29(15-13-28)21-8-4-5-9-22(21)31-16-23(25,26)27/h2-9,18H,10-16H2,1H3. The Hall–Kier alpha value is -2.61. The van der Waals surface area contributed by atoms with Gasteiger partial charge in [0.05, 0.1) is 5.69 Å². The van der Waals surface area contributed by atoms with Crippen molar-refractivity contribution in [3.05, 3.63) is 59.9 Å². The van der Waals surface area contributed by atoms with Crippen molar-refractivity contribution in [1.82, 2.24) is 4.90 Å². The minimum absolute atomic E-state index is 0.0699. The summed E-state index contributed by atoms with van der Waals surface area (Å²) in [5.74, 6) is -0.720. The molecule has 0 aliphatic carbocycles. The summed E-state index contributed by atoms with van der Waals surface area (Å²) in [7, 11) is 0. The number of halogens is 4. The largest absolute Gasteiger partial charge is 0.482 e. The highest BCUT2D eigenvalue weighted by atomic mass is 19.4. The molecular formula is C23H26F4N2O2. The maximum absolute atomic E-state index is 14.1. The fraction of sp³-hybridized carbons (Fsp3) is 0.435. The van der Waals surface area contributed by atoms with Crippen LogP contribution >= 0.6 is 0 Å². The topological polar surface area (TPSA) is 32.8 Å². The van der Waals surface area contributed by atoms with Crippen molar-refractivity contribution in [3.63, 3.8) is 0 Å². The van der Waals surface area contributed by atoms with E-state index in [0.29, 0.717) is 50.4 Å². The van der Waals surface area contributed by atoms with E-state index >= 15 is 0 Å². The van der Waals surface area contributed by atoms with E-state index in [-0.39, 0.29) is 17.3 Å². The van der Waals surface area contributed by atoms with Crippen molar-refractivity contribution in [2.45, 2.75) is 25.4 Å². The van der Waals surface area contributed by atoms with Gasteiger partial charge in [0.25, 0.3) is 0 Å². The number of carbonyl (C=O) groups is 1. The molecule has 2 aromatic carbocycles. The van der Waals surface area contributed by atoms with Crippen LogP contribution in [0.5, 0.6) is 5.75 Å². The summed E-state index contributed by atoms with van der Waals surface area (Å²) in [5, 5.41) is 0. The lowest BCUT2D eigenvalue weighted by atomic mass is 9.91. The summed E-state index contributed by atoms with van der Waals surface area (Å²) in [6.07, 6.45) is -3.88. The molecule has 1 unspecified atom stereocenters. The first kappa shape index (κ1) is 23.1. The number of para-hydroxylation sites is 2. The number of carbonyl (C=O) groups excluding carboxylic acids is 1. The van der Waals surface area contributed by atoms with Gasteiger partial charge in [-0.3, -0.25) is 9.69 Å². The molecule has 0 radical (unpaired) electrons. The Morgan fingerprint density at radius 2 is 1.68 bits per heavy atom. The van der Waals surface area contributed by atoms with Gasteiger partial charge in [0.1, 0.15) is 17.3 Å². The van der Waals surface area contributed by atoms with Gasteiger partial charge in [0.15, 0.2) is 6.61 Å². The number of hydrogen-bond acceptors (Lipinski definition) is 4. The maximum atomic E-state index is 14.1. The Morgan fingerprint density at radius 1 is 1.03 bits per heavy atom. The smallest absolute Gasteiger partial charge is 0.422 e. The summed E-state index contributed by atoms with van der Waals surface area (Å²) >= 11 is 0. The van der Waals surface area contributed by atoms with Crippen LogP contribution in [0, 0.1) is 5.82 Å². The van der Waals surface area contributed by atoms with Gasteiger partial charge in [-0.15, -0.1) is 0 Å². The van der Waals surface area contributed by atoms with E-state index in [4.69, 9.17) is 4.74 Å². The molecule has 0 spiro atoms. The van der Waals surface area contributed by atoms with Crippen molar-refractivity contribution in [1.29, 1.82) is 0 Å². The molecular weight excluding hydrogens is 412 g/mol. The van der Waals surface area contributed by atoms with Gasteiger partial charge in [-0.2, -0.15) is 13.2 Å². The molecule has 1 aliphatic heterocycles. The number of Topliss-reactive ketones (excluding diaryl/α,β-unsaturated/α-hetero) is 1. The molecule has 2 aromatic rings. The van der Waals surface area contributed by atoms with E-state index in [1.54, 1.807) is 42.5 Å². The number of ether oxygens (including phenoxy) is 1. The van der Waals surface area contributed by atoms with Crippen LogP contribution in [0.2, 0.25) is 0 Å². The third kappa shape index (κ3) is 6.43. The Labute approximate surface area is 179 Å². The molecule has 3 rings (SSSR count). The number of anilines is 1. The highest BCUT2D eigenvalue weighted by molar-refractivity contribution is 5.83. The first-order valence-corrected chi connectivity index (χ1v) is 10.3. The SMILES string of the molecule is CC(=O)C(CCN1CCN(c2ccccc2OCC(F)(F)F)CC1)c1ccccc1F. The molecule has 0 bridgehead atoms. The molecule has 1 atom stereocenters. The molecule has 0 saturated carbocycles. The van der Waals surface area contributed by atoms with Gasteiger partial charge in [-0.1, -0.05) is 30.3 Å². The number of ketones is 1. The van der Waals surface area contributed by atoms with E-state index in [0.717, 1.165) is 0 Å². The average molecular weight is 438 g/mol. The Balaban J connectivity index is 1.57. The lowest BCUT2D eigenvalue weighted by Crippen LogP contribution is -2.47. The van der Waals surface area contributed by atoms with Crippen molar-refractivity contribution >= 4 is 11.5 Å². The number of piperazine rings is 1. The van der Waals surface area contributed by atoms with Crippen LogP contribution in [-0.2, 0) is 4.79 Å². The van der Waals surface area contributed by atoms with Crippen LogP contribution in [0.1, 0.15) is 24.8 Å². The van der Waals surface area contributed by atoms with E-state index in [1.165, 1.54) is 13.0 Å². The molecule has 1 fully saturated rings. The fourth-order valence-corrected chi connectivity index (χ4v) is 3.86. The monoisotopic (exact) mass is 438 g/mol. The number of hydrogen-bond donors (Lipinski definition) is 0. The van der Waals surface area contributed by atoms with E-state index < -0.39 is 18.7 Å². The quantitative estimate of drug-likeness (QED) is 0.562. The normalized spacial score (nSPS) is 16.2. The molecule has 1 saturated heterocycles. The van der Waals surface area contributed by atoms with Crippen molar-refractivity contribution in [2.75, 3.05) is 44.2 Å². The Morgan fingerprint density at radius 3 is 2.32 bits per heavy atom. The molecule has 168 valence electrons. The van der Waals surface area contributed by atoms with Gasteiger partial charge < -0.3 is 9.64 Å². The van der Waals surface area contributed by atoms with Crippen LogP contribution in [-0.4, -0.2) is 56.2 Å². The molecule has 0 aromatic heterocycles. The molecule has 8 heteroatoms. The van der Waals surface area contributed by atoms with Crippen LogP contribution < -0.4 is 9.64 Å². The van der Waals surface area contributed by atoms with E-state index in [9.17, 15) is 22.4 Å². The predicted molar refractivity (Wildman–Crippen MR) is 111 cm³/mol. The van der Waals surface area contributed by atoms with Crippen LogP contribution in [0.3, 0.4) is 0 Å². The zero-order valence-corrected chi connectivity index (χ0v) is 17.4. The second-order valence-corrected chi connectivity index (χ2v) is 7.67. The number of rotatable bonds is 8. The molecule has 31 heavy (non-hydrogen) atoms.